The molecule has 1 aromatic rings. The second-order valence-corrected chi connectivity index (χ2v) is 7.52. The van der Waals surface area contributed by atoms with Crippen LogP contribution in [-0.4, -0.2) is 30.8 Å². The summed E-state index contributed by atoms with van der Waals surface area (Å²) in [6.07, 6.45) is -3.34. The first-order chi connectivity index (χ1) is 10.5. The summed E-state index contributed by atoms with van der Waals surface area (Å²) >= 11 is 10.2. The van der Waals surface area contributed by atoms with Gasteiger partial charge in [-0.1, -0.05) is 36.0 Å². The predicted molar refractivity (Wildman–Crippen MR) is 87.6 cm³/mol. The van der Waals surface area contributed by atoms with Crippen LogP contribution in [0.2, 0.25) is 5.02 Å². The van der Waals surface area contributed by atoms with Crippen LogP contribution in [0.25, 0.3) is 0 Å². The largest absolute Gasteiger partial charge is 0.417 e. The van der Waals surface area contributed by atoms with Gasteiger partial charge in [0.05, 0.1) is 27.9 Å². The topological polar surface area (TPSA) is 63.4 Å². The maximum atomic E-state index is 12.8. The lowest BCUT2D eigenvalue weighted by Gasteiger charge is -2.20. The Balaban J connectivity index is 3.14. The molecule has 0 spiro atoms. The van der Waals surface area contributed by atoms with Crippen LogP contribution in [0.5, 0.6) is 0 Å². The third-order valence-corrected chi connectivity index (χ3v) is 4.97. The first kappa shape index (κ1) is 19.9. The number of halogens is 4. The van der Waals surface area contributed by atoms with Crippen molar-refractivity contribution in [1.29, 1.82) is 0 Å². The average Bonchev–Trinajstić information content (AvgIpc) is 2.38. The molecule has 2 N–H and O–H groups in total. The SMILES string of the molecule is C=CCN(CC(N)=S)S(=O)(=O)Cc1ccc(Cl)c(C(F)(F)F)c1. The van der Waals surface area contributed by atoms with Gasteiger partial charge in [0, 0.05) is 6.54 Å². The number of alkyl halides is 3. The van der Waals surface area contributed by atoms with E-state index >= 15 is 0 Å². The van der Waals surface area contributed by atoms with Crippen molar-refractivity contribution >= 4 is 38.8 Å². The van der Waals surface area contributed by atoms with Crippen LogP contribution in [0.15, 0.2) is 30.9 Å². The van der Waals surface area contributed by atoms with Gasteiger partial charge in [-0.2, -0.15) is 17.5 Å². The molecule has 0 aliphatic heterocycles. The summed E-state index contributed by atoms with van der Waals surface area (Å²) in [5.41, 5.74) is 4.21. The fraction of sp³-hybridized carbons (Fsp3) is 0.308. The smallest absolute Gasteiger partial charge is 0.392 e. The molecule has 0 saturated heterocycles. The highest BCUT2D eigenvalue weighted by atomic mass is 35.5. The van der Waals surface area contributed by atoms with Crippen LogP contribution in [-0.2, 0) is 22.0 Å². The van der Waals surface area contributed by atoms with Gasteiger partial charge in [-0.25, -0.2) is 8.42 Å². The number of nitrogens with zero attached hydrogens (tertiary/aromatic N) is 1. The Morgan fingerprint density at radius 3 is 2.52 bits per heavy atom. The Hall–Kier alpha value is -1.16. The number of benzene rings is 1. The number of hydrogen-bond acceptors (Lipinski definition) is 3. The predicted octanol–water partition coefficient (Wildman–Crippen LogP) is 2.96. The zero-order valence-electron chi connectivity index (χ0n) is 11.8. The molecule has 0 fully saturated rings. The molecule has 4 nitrogen and oxygen atoms in total. The molecular weight excluding hydrogens is 373 g/mol. The van der Waals surface area contributed by atoms with Crippen molar-refractivity contribution < 1.29 is 21.6 Å². The minimum atomic E-state index is -4.67. The van der Waals surface area contributed by atoms with Crippen molar-refractivity contribution in [2.24, 2.45) is 5.73 Å². The minimum Gasteiger partial charge on any atom is -0.392 e. The molecule has 128 valence electrons. The van der Waals surface area contributed by atoms with Gasteiger partial charge in [0.25, 0.3) is 0 Å². The number of thiocarbonyl (C=S) groups is 1. The van der Waals surface area contributed by atoms with Crippen molar-refractivity contribution in [2.75, 3.05) is 13.1 Å². The lowest BCUT2D eigenvalue weighted by Crippen LogP contribution is -2.38. The summed E-state index contributed by atoms with van der Waals surface area (Å²) in [6, 6.07) is 2.95. The van der Waals surface area contributed by atoms with Crippen molar-refractivity contribution in [2.45, 2.75) is 11.9 Å². The van der Waals surface area contributed by atoms with E-state index in [9.17, 15) is 21.6 Å². The quantitative estimate of drug-likeness (QED) is 0.578. The van der Waals surface area contributed by atoms with Crippen LogP contribution >= 0.6 is 23.8 Å². The van der Waals surface area contributed by atoms with E-state index < -0.39 is 32.5 Å². The van der Waals surface area contributed by atoms with Gasteiger partial charge in [0.1, 0.15) is 0 Å². The zero-order valence-corrected chi connectivity index (χ0v) is 14.2. The Labute approximate surface area is 142 Å². The summed E-state index contributed by atoms with van der Waals surface area (Å²) in [7, 11) is -3.92. The van der Waals surface area contributed by atoms with E-state index in [1.807, 2.05) is 0 Å². The van der Waals surface area contributed by atoms with E-state index in [1.54, 1.807) is 0 Å². The van der Waals surface area contributed by atoms with Crippen LogP contribution in [0, 0.1) is 0 Å². The molecule has 0 saturated carbocycles. The fourth-order valence-electron chi connectivity index (χ4n) is 1.78. The third kappa shape index (κ3) is 5.76. The van der Waals surface area contributed by atoms with Crippen LogP contribution in [0.4, 0.5) is 13.2 Å². The van der Waals surface area contributed by atoms with Gasteiger partial charge in [-0.3, -0.25) is 0 Å². The summed E-state index contributed by atoms with van der Waals surface area (Å²) in [5, 5.41) is -0.496. The number of rotatable bonds is 7. The molecule has 0 amide bonds. The lowest BCUT2D eigenvalue weighted by atomic mass is 10.1. The highest BCUT2D eigenvalue weighted by Gasteiger charge is 2.34. The van der Waals surface area contributed by atoms with E-state index in [0.717, 1.165) is 10.4 Å². The van der Waals surface area contributed by atoms with E-state index in [0.29, 0.717) is 6.07 Å². The van der Waals surface area contributed by atoms with Crippen LogP contribution < -0.4 is 5.73 Å². The average molecular weight is 387 g/mol. The molecule has 23 heavy (non-hydrogen) atoms. The summed E-state index contributed by atoms with van der Waals surface area (Å²) < 4.78 is 64.1. The second kappa shape index (κ2) is 7.61. The summed E-state index contributed by atoms with van der Waals surface area (Å²) in [5.74, 6) is -0.635. The van der Waals surface area contributed by atoms with Crippen molar-refractivity contribution in [3.8, 4) is 0 Å². The second-order valence-electron chi connectivity index (χ2n) is 4.62. The van der Waals surface area contributed by atoms with Crippen molar-refractivity contribution in [1.82, 2.24) is 4.31 Å². The molecule has 0 aliphatic rings. The lowest BCUT2D eigenvalue weighted by molar-refractivity contribution is -0.137. The maximum Gasteiger partial charge on any atom is 0.417 e. The van der Waals surface area contributed by atoms with Crippen LogP contribution in [0.3, 0.4) is 0 Å². The summed E-state index contributed by atoms with van der Waals surface area (Å²) in [4.78, 5) is -0.0532. The molecule has 0 heterocycles. The van der Waals surface area contributed by atoms with Gasteiger partial charge in [0.2, 0.25) is 10.0 Å². The number of sulfonamides is 1. The van der Waals surface area contributed by atoms with Gasteiger partial charge in [-0.15, -0.1) is 6.58 Å². The van der Waals surface area contributed by atoms with Gasteiger partial charge in [-0.05, 0) is 17.7 Å². The minimum absolute atomic E-state index is 0.0428. The van der Waals surface area contributed by atoms with Crippen LogP contribution in [0.1, 0.15) is 11.1 Å². The molecule has 0 bridgehead atoms. The van der Waals surface area contributed by atoms with Gasteiger partial charge < -0.3 is 5.73 Å². The third-order valence-electron chi connectivity index (χ3n) is 2.74. The Bertz CT molecular complexity index is 706. The first-order valence-corrected chi connectivity index (χ1v) is 8.59. The molecule has 1 rings (SSSR count). The highest BCUT2D eigenvalue weighted by molar-refractivity contribution is 7.88. The normalized spacial score (nSPS) is 12.4. The fourth-order valence-corrected chi connectivity index (χ4v) is 3.69. The molecule has 0 atom stereocenters. The Morgan fingerprint density at radius 2 is 2.04 bits per heavy atom. The molecule has 10 heteroatoms. The van der Waals surface area contributed by atoms with Crippen molar-refractivity contribution in [3.63, 3.8) is 0 Å². The highest BCUT2D eigenvalue weighted by Crippen LogP contribution is 2.35. The molecule has 0 aromatic heterocycles. The molecule has 1 aromatic carbocycles. The van der Waals surface area contributed by atoms with E-state index in [-0.39, 0.29) is 23.6 Å². The van der Waals surface area contributed by atoms with E-state index in [2.05, 4.69) is 18.8 Å². The summed E-state index contributed by atoms with van der Waals surface area (Å²) in [6.45, 7) is 3.15. The van der Waals surface area contributed by atoms with Crippen molar-refractivity contribution in [3.05, 3.63) is 47.0 Å². The molecule has 0 unspecified atom stereocenters. The van der Waals surface area contributed by atoms with E-state index in [4.69, 9.17) is 17.3 Å². The number of nitrogens with two attached hydrogens (primary N) is 1. The van der Waals surface area contributed by atoms with E-state index in [1.165, 1.54) is 12.1 Å². The Kier molecular flexibility index (Phi) is 6.58. The first-order valence-electron chi connectivity index (χ1n) is 6.20. The molecule has 0 radical (unpaired) electrons. The monoisotopic (exact) mass is 386 g/mol. The number of hydrogen-bond donors (Lipinski definition) is 1. The molecule has 0 aliphatic carbocycles. The van der Waals surface area contributed by atoms with Gasteiger partial charge in [0.15, 0.2) is 0 Å². The standard InChI is InChI=1S/C13H14ClF3N2O2S2/c1-2-5-19(7-12(18)22)23(20,21)8-9-3-4-11(14)10(6-9)13(15,16)17/h2-4,6H,1,5,7-8H2,(H2,18,22). The Morgan fingerprint density at radius 1 is 1.43 bits per heavy atom. The maximum absolute atomic E-state index is 12.8. The van der Waals surface area contributed by atoms with Gasteiger partial charge >= 0.3 is 6.18 Å². The zero-order chi connectivity index (χ0) is 17.8. The molecular formula is C13H14ClF3N2O2S2.